The third-order valence-corrected chi connectivity index (χ3v) is 9.95. The van der Waals surface area contributed by atoms with Crippen molar-refractivity contribution < 1.29 is 24.0 Å². The third-order valence-electron chi connectivity index (χ3n) is 9.95. The van der Waals surface area contributed by atoms with Gasteiger partial charge in [0.05, 0.1) is 26.2 Å². The largest absolute Gasteiger partial charge is 0.462 e. The number of allylic oxidation sites excluding steroid dienone is 1. The van der Waals surface area contributed by atoms with Crippen molar-refractivity contribution in [1.82, 2.24) is 0 Å². The first-order chi connectivity index (χ1) is 14.9. The highest BCUT2D eigenvalue weighted by atomic mass is 16.5. The van der Waals surface area contributed by atoms with E-state index in [9.17, 15) is 9.59 Å². The molecule has 1 heterocycles. The van der Waals surface area contributed by atoms with Gasteiger partial charge in [-0.15, -0.1) is 0 Å². The molecule has 0 aromatic rings. The van der Waals surface area contributed by atoms with Crippen molar-refractivity contribution in [3.05, 3.63) is 11.6 Å². The number of fused-ring (bicyclic) bond motifs is 5. The van der Waals surface area contributed by atoms with Gasteiger partial charge in [-0.2, -0.15) is 0 Å². The molecule has 0 amide bonds. The Bertz CT molecular complexity index is 757. The Kier molecular flexibility index (Phi) is 5.79. The molecule has 4 aliphatic carbocycles. The van der Waals surface area contributed by atoms with Gasteiger partial charge in [0, 0.05) is 18.3 Å². The highest BCUT2D eigenvalue weighted by molar-refractivity contribution is 5.87. The van der Waals surface area contributed by atoms with Crippen LogP contribution in [0.25, 0.3) is 0 Å². The second-order valence-electron chi connectivity index (χ2n) is 11.4. The summed E-state index contributed by atoms with van der Waals surface area (Å²) in [6, 6.07) is 0. The standard InChI is InChI=1S/C26H39NO4/c1-25-10-7-19(31-24(29)9-12-27-13-15-30-16-14-27)17-18(25)3-4-20-21-5-6-23(28)26(21,2)11-8-22(20)25/h3,19-22H,4-17H2,1-2H3/p+1/t19-,20-,21-,22-,25-,26-/m0/s1. The minimum Gasteiger partial charge on any atom is -0.462 e. The lowest BCUT2D eigenvalue weighted by molar-refractivity contribution is -0.907. The summed E-state index contributed by atoms with van der Waals surface area (Å²) in [6.45, 7) is 9.17. The van der Waals surface area contributed by atoms with Crippen LogP contribution in [0.2, 0.25) is 0 Å². The summed E-state index contributed by atoms with van der Waals surface area (Å²) in [4.78, 5) is 26.5. The number of carbonyl (C=O) groups is 2. The molecule has 31 heavy (non-hydrogen) atoms. The van der Waals surface area contributed by atoms with Gasteiger partial charge in [-0.1, -0.05) is 25.5 Å². The molecule has 5 rings (SSSR count). The van der Waals surface area contributed by atoms with Gasteiger partial charge in [0.15, 0.2) is 0 Å². The summed E-state index contributed by atoms with van der Waals surface area (Å²) < 4.78 is 11.3. The molecule has 0 bridgehead atoms. The van der Waals surface area contributed by atoms with Crippen LogP contribution in [0.1, 0.15) is 71.6 Å². The quantitative estimate of drug-likeness (QED) is 0.550. The molecule has 0 radical (unpaired) electrons. The van der Waals surface area contributed by atoms with Gasteiger partial charge < -0.3 is 14.4 Å². The number of esters is 1. The molecule has 0 aromatic heterocycles. The molecule has 172 valence electrons. The van der Waals surface area contributed by atoms with Crippen molar-refractivity contribution in [2.45, 2.75) is 77.7 Å². The SMILES string of the molecule is C[C@]12CC[C@H](OC(=O)CC[NH+]3CCOCC3)CC1=CC[C@@H]1[C@@H]2CC[C@]2(C)C(=O)CC[C@@H]12. The Labute approximate surface area is 186 Å². The molecule has 5 heteroatoms. The Morgan fingerprint density at radius 1 is 1.13 bits per heavy atom. The van der Waals surface area contributed by atoms with Gasteiger partial charge in [-0.25, -0.2) is 0 Å². The zero-order valence-corrected chi connectivity index (χ0v) is 19.4. The van der Waals surface area contributed by atoms with E-state index in [1.165, 1.54) is 16.9 Å². The van der Waals surface area contributed by atoms with Gasteiger partial charge in [-0.3, -0.25) is 9.59 Å². The van der Waals surface area contributed by atoms with Crippen molar-refractivity contribution in [3.8, 4) is 0 Å². The number of carbonyl (C=O) groups excluding carboxylic acids is 2. The number of nitrogens with one attached hydrogen (secondary N) is 1. The molecule has 6 atom stereocenters. The molecular weight excluding hydrogens is 390 g/mol. The minimum absolute atomic E-state index is 0.0280. The van der Waals surface area contributed by atoms with E-state index < -0.39 is 0 Å². The average molecular weight is 431 g/mol. The Morgan fingerprint density at radius 2 is 1.87 bits per heavy atom. The topological polar surface area (TPSA) is 57.0 Å². The van der Waals surface area contributed by atoms with Crippen LogP contribution in [0.5, 0.6) is 0 Å². The lowest BCUT2D eigenvalue weighted by Gasteiger charge is -2.56. The van der Waals surface area contributed by atoms with Crippen molar-refractivity contribution in [1.29, 1.82) is 0 Å². The van der Waals surface area contributed by atoms with E-state index in [1.807, 2.05) is 0 Å². The predicted molar refractivity (Wildman–Crippen MR) is 118 cm³/mol. The number of hydrogen-bond donors (Lipinski definition) is 1. The highest BCUT2D eigenvalue weighted by Gasteiger charge is 2.58. The summed E-state index contributed by atoms with van der Waals surface area (Å²) in [5.41, 5.74) is 1.71. The van der Waals surface area contributed by atoms with Crippen molar-refractivity contribution in [2.75, 3.05) is 32.8 Å². The Balaban J connectivity index is 1.20. The minimum atomic E-state index is -0.0575. The highest BCUT2D eigenvalue weighted by Crippen LogP contribution is 2.64. The molecule has 4 fully saturated rings. The zero-order valence-electron chi connectivity index (χ0n) is 19.4. The van der Waals surface area contributed by atoms with Gasteiger partial charge in [0.25, 0.3) is 0 Å². The van der Waals surface area contributed by atoms with Gasteiger partial charge >= 0.3 is 5.97 Å². The maximum atomic E-state index is 12.6. The normalized spacial score (nSPS) is 42.9. The van der Waals surface area contributed by atoms with Crippen LogP contribution in [-0.2, 0) is 19.1 Å². The van der Waals surface area contributed by atoms with Crippen LogP contribution >= 0.6 is 0 Å². The van der Waals surface area contributed by atoms with E-state index in [1.54, 1.807) is 0 Å². The number of quaternary nitrogens is 1. The number of hydrogen-bond acceptors (Lipinski definition) is 4. The van der Waals surface area contributed by atoms with E-state index in [-0.39, 0.29) is 22.9 Å². The second-order valence-corrected chi connectivity index (χ2v) is 11.4. The van der Waals surface area contributed by atoms with E-state index in [4.69, 9.17) is 9.47 Å². The molecule has 0 unspecified atom stereocenters. The number of rotatable bonds is 4. The first kappa shape index (κ1) is 21.6. The summed E-state index contributed by atoms with van der Waals surface area (Å²) in [7, 11) is 0. The van der Waals surface area contributed by atoms with Crippen LogP contribution in [-0.4, -0.2) is 50.7 Å². The number of morpholine rings is 1. The summed E-state index contributed by atoms with van der Waals surface area (Å²) in [5, 5.41) is 0. The summed E-state index contributed by atoms with van der Waals surface area (Å²) in [5.74, 6) is 2.42. The molecule has 1 N–H and O–H groups in total. The fourth-order valence-corrected chi connectivity index (χ4v) is 7.93. The molecule has 3 saturated carbocycles. The maximum absolute atomic E-state index is 12.6. The Morgan fingerprint density at radius 3 is 2.68 bits per heavy atom. The van der Waals surface area contributed by atoms with E-state index in [2.05, 4.69) is 19.9 Å². The van der Waals surface area contributed by atoms with Crippen molar-refractivity contribution in [3.63, 3.8) is 0 Å². The van der Waals surface area contributed by atoms with E-state index >= 15 is 0 Å². The predicted octanol–water partition coefficient (Wildman–Crippen LogP) is 2.74. The Hall–Kier alpha value is -1.20. The average Bonchev–Trinajstić information content (AvgIpc) is 3.08. The van der Waals surface area contributed by atoms with Gasteiger partial charge in [0.2, 0.25) is 0 Å². The molecule has 0 spiro atoms. The number of Topliss-reactive ketones (excluding diaryl/α,β-unsaturated/α-hetero) is 1. The number of ketones is 1. The molecule has 1 aliphatic heterocycles. The summed E-state index contributed by atoms with van der Waals surface area (Å²) >= 11 is 0. The van der Waals surface area contributed by atoms with Crippen LogP contribution in [0.3, 0.4) is 0 Å². The first-order valence-corrected chi connectivity index (χ1v) is 12.7. The zero-order chi connectivity index (χ0) is 21.6. The molecule has 5 aliphatic rings. The van der Waals surface area contributed by atoms with Gasteiger partial charge in [-0.05, 0) is 61.7 Å². The van der Waals surface area contributed by atoms with E-state index in [0.717, 1.165) is 77.8 Å². The van der Waals surface area contributed by atoms with Crippen LogP contribution in [0, 0.1) is 28.6 Å². The number of ether oxygens (including phenoxy) is 2. The second kappa shape index (κ2) is 8.30. The lowest BCUT2D eigenvalue weighted by atomic mass is 9.48. The fourth-order valence-electron chi connectivity index (χ4n) is 7.93. The molecular formula is C26H40NO4+. The fraction of sp³-hybridized carbons (Fsp3) is 0.846. The smallest absolute Gasteiger partial charge is 0.311 e. The molecule has 1 saturated heterocycles. The van der Waals surface area contributed by atoms with Gasteiger partial charge in [0.1, 0.15) is 25.0 Å². The molecule has 0 aromatic carbocycles. The van der Waals surface area contributed by atoms with Crippen LogP contribution in [0.4, 0.5) is 0 Å². The van der Waals surface area contributed by atoms with Crippen LogP contribution < -0.4 is 4.90 Å². The van der Waals surface area contributed by atoms with E-state index in [0.29, 0.717) is 30.0 Å². The van der Waals surface area contributed by atoms with Crippen molar-refractivity contribution >= 4 is 11.8 Å². The maximum Gasteiger partial charge on any atom is 0.311 e. The molecule has 5 nitrogen and oxygen atoms in total. The lowest BCUT2D eigenvalue weighted by Crippen LogP contribution is -3.14. The van der Waals surface area contributed by atoms with Crippen molar-refractivity contribution in [2.24, 2.45) is 28.6 Å². The third kappa shape index (κ3) is 3.80. The first-order valence-electron chi connectivity index (χ1n) is 12.7. The van der Waals surface area contributed by atoms with Crippen LogP contribution in [0.15, 0.2) is 11.6 Å². The monoisotopic (exact) mass is 430 g/mol. The summed E-state index contributed by atoms with van der Waals surface area (Å²) in [6.07, 6.45) is 11.3.